The van der Waals surface area contributed by atoms with Gasteiger partial charge in [0.25, 0.3) is 11.8 Å². The van der Waals surface area contributed by atoms with Gasteiger partial charge in [0.05, 0.1) is 15.5 Å². The molecule has 0 aliphatic carbocycles. The van der Waals surface area contributed by atoms with Gasteiger partial charge in [0.2, 0.25) is 5.91 Å². The van der Waals surface area contributed by atoms with Crippen LogP contribution in [0, 0.1) is 6.92 Å². The number of nitrogens with zero attached hydrogens (tertiary/aromatic N) is 1. The zero-order valence-electron chi connectivity index (χ0n) is 24.3. The van der Waals surface area contributed by atoms with Gasteiger partial charge in [0.1, 0.15) is 5.70 Å². The van der Waals surface area contributed by atoms with E-state index < -0.39 is 17.1 Å². The van der Waals surface area contributed by atoms with E-state index in [2.05, 4.69) is 20.9 Å². The summed E-state index contributed by atoms with van der Waals surface area (Å²) in [5, 5.41) is 9.30. The van der Waals surface area contributed by atoms with Gasteiger partial charge in [-0.3, -0.25) is 14.4 Å². The number of hydrogen-bond donors (Lipinski definition) is 3. The Morgan fingerprint density at radius 3 is 2.38 bits per heavy atom. The van der Waals surface area contributed by atoms with E-state index in [1.54, 1.807) is 66.7 Å². The maximum Gasteiger partial charge on any atom is 0.272 e. The van der Waals surface area contributed by atoms with Crippen LogP contribution in [-0.4, -0.2) is 28.0 Å². The number of aromatic nitrogens is 1. The van der Waals surface area contributed by atoms with Gasteiger partial charge in [-0.2, -0.15) is 0 Å². The summed E-state index contributed by atoms with van der Waals surface area (Å²) >= 11 is 15.6. The molecule has 7 nitrogen and oxygen atoms in total. The van der Waals surface area contributed by atoms with Crippen molar-refractivity contribution in [3.63, 3.8) is 0 Å². The number of thioether (sulfide) groups is 1. The van der Waals surface area contributed by atoms with Crippen LogP contribution >= 0.6 is 46.3 Å². The number of anilines is 2. The third-order valence-corrected chi connectivity index (χ3v) is 9.58. The molecule has 1 aromatic heterocycles. The maximum atomic E-state index is 13.5. The van der Waals surface area contributed by atoms with Gasteiger partial charge >= 0.3 is 0 Å². The second kappa shape index (κ2) is 14.8. The molecule has 1 unspecified atom stereocenters. The molecular weight excluding hydrogens is 647 g/mol. The van der Waals surface area contributed by atoms with Crippen molar-refractivity contribution in [3.05, 3.63) is 123 Å². The zero-order chi connectivity index (χ0) is 31.9. The third kappa shape index (κ3) is 8.32. The monoisotopic (exact) mass is 674 g/mol. The van der Waals surface area contributed by atoms with Crippen molar-refractivity contribution in [3.8, 4) is 0 Å². The summed E-state index contributed by atoms with van der Waals surface area (Å²) in [6, 6.07) is 26.7. The van der Waals surface area contributed by atoms with Crippen LogP contribution < -0.4 is 16.0 Å². The molecule has 45 heavy (non-hydrogen) atoms. The molecular formula is C34H28Cl2N4O3S2. The van der Waals surface area contributed by atoms with Crippen molar-refractivity contribution in [2.75, 3.05) is 10.6 Å². The molecule has 0 saturated heterocycles. The lowest BCUT2D eigenvalue weighted by Crippen LogP contribution is -2.30. The fourth-order valence-corrected chi connectivity index (χ4v) is 6.83. The summed E-state index contributed by atoms with van der Waals surface area (Å²) in [5.41, 5.74) is 3.18. The second-order valence-corrected chi connectivity index (χ2v) is 13.1. The van der Waals surface area contributed by atoms with E-state index in [0.29, 0.717) is 38.4 Å². The Bertz CT molecular complexity index is 1890. The highest BCUT2D eigenvalue weighted by Crippen LogP contribution is 2.31. The Morgan fingerprint density at radius 1 is 0.911 bits per heavy atom. The van der Waals surface area contributed by atoms with E-state index in [1.807, 2.05) is 38.1 Å². The fourth-order valence-electron chi connectivity index (χ4n) is 4.34. The molecule has 0 radical (unpaired) electrons. The molecule has 3 N–H and O–H groups in total. The number of hydrogen-bond acceptors (Lipinski definition) is 6. The van der Waals surface area contributed by atoms with Crippen LogP contribution in [0.4, 0.5) is 10.8 Å². The highest BCUT2D eigenvalue weighted by Gasteiger charge is 2.21. The number of carbonyl (C=O) groups excluding carboxylic acids is 3. The van der Waals surface area contributed by atoms with Gasteiger partial charge in [0.15, 0.2) is 5.13 Å². The van der Waals surface area contributed by atoms with Crippen LogP contribution in [0.25, 0.3) is 16.3 Å². The first-order chi connectivity index (χ1) is 21.7. The standard InChI is InChI=1S/C34H28Cl2N4O3S2/c1-3-29(33(43)40-34-39-27-16-15-20(2)17-30(27)45-34)44-23-12-7-11-22(18-23)37-32(42)28(19-24-25(35)13-8-14-26(24)36)38-31(41)21-9-5-4-6-10-21/h4-19,29H,3H2,1-2H3,(H,37,42)(H,38,41)(H,39,40,43)/b28-19+. The summed E-state index contributed by atoms with van der Waals surface area (Å²) in [7, 11) is 0. The number of benzene rings is 4. The molecule has 0 aliphatic heterocycles. The minimum absolute atomic E-state index is 0.0475. The van der Waals surface area contributed by atoms with Crippen LogP contribution in [0.5, 0.6) is 0 Å². The van der Waals surface area contributed by atoms with Crippen LogP contribution in [0.3, 0.4) is 0 Å². The number of rotatable bonds is 10. The minimum Gasteiger partial charge on any atom is -0.321 e. The topological polar surface area (TPSA) is 100 Å². The molecule has 11 heteroatoms. The summed E-state index contributed by atoms with van der Waals surface area (Å²) in [4.78, 5) is 45.1. The Morgan fingerprint density at radius 2 is 1.64 bits per heavy atom. The first-order valence-corrected chi connectivity index (χ1v) is 16.4. The fraction of sp³-hybridized carbons (Fsp3) is 0.118. The van der Waals surface area contributed by atoms with Crippen LogP contribution in [0.1, 0.15) is 34.8 Å². The molecule has 3 amide bonds. The molecule has 0 spiro atoms. The molecule has 228 valence electrons. The smallest absolute Gasteiger partial charge is 0.272 e. The largest absolute Gasteiger partial charge is 0.321 e. The van der Waals surface area contributed by atoms with Crippen LogP contribution in [0.2, 0.25) is 10.0 Å². The predicted molar refractivity (Wildman–Crippen MR) is 186 cm³/mol. The molecule has 0 bridgehead atoms. The Hall–Kier alpha value is -4.15. The van der Waals surface area contributed by atoms with E-state index in [0.717, 1.165) is 20.7 Å². The van der Waals surface area contributed by atoms with E-state index in [9.17, 15) is 14.4 Å². The molecule has 0 aliphatic rings. The lowest BCUT2D eigenvalue weighted by atomic mass is 10.1. The highest BCUT2D eigenvalue weighted by atomic mass is 35.5. The summed E-state index contributed by atoms with van der Waals surface area (Å²) in [6.45, 7) is 3.96. The lowest BCUT2D eigenvalue weighted by Gasteiger charge is -2.15. The number of thiazole rings is 1. The van der Waals surface area contributed by atoms with Crippen molar-refractivity contribution < 1.29 is 14.4 Å². The van der Waals surface area contributed by atoms with E-state index in [1.165, 1.54) is 29.2 Å². The van der Waals surface area contributed by atoms with E-state index >= 15 is 0 Å². The maximum absolute atomic E-state index is 13.5. The molecule has 0 saturated carbocycles. The van der Waals surface area contributed by atoms with Crippen molar-refractivity contribution in [1.82, 2.24) is 10.3 Å². The summed E-state index contributed by atoms with van der Waals surface area (Å²) < 4.78 is 1.01. The van der Waals surface area contributed by atoms with Crippen LogP contribution in [-0.2, 0) is 9.59 Å². The van der Waals surface area contributed by atoms with Gasteiger partial charge in [-0.25, -0.2) is 4.98 Å². The SMILES string of the molecule is CCC(Sc1cccc(NC(=O)/C(=C\c2c(Cl)cccc2Cl)NC(=O)c2ccccc2)c1)C(=O)Nc1nc2ccc(C)cc2s1. The van der Waals surface area contributed by atoms with Crippen molar-refractivity contribution in [2.45, 2.75) is 30.4 Å². The van der Waals surface area contributed by atoms with Gasteiger partial charge in [0, 0.05) is 31.8 Å². The van der Waals surface area contributed by atoms with Crippen LogP contribution in [0.15, 0.2) is 102 Å². The number of carbonyl (C=O) groups is 3. The minimum atomic E-state index is -0.576. The Kier molecular flexibility index (Phi) is 10.6. The average molecular weight is 676 g/mol. The van der Waals surface area contributed by atoms with Crippen molar-refractivity contribution in [1.29, 1.82) is 0 Å². The number of halogens is 2. The number of amides is 3. The van der Waals surface area contributed by atoms with Gasteiger partial charge in [-0.15, -0.1) is 11.8 Å². The van der Waals surface area contributed by atoms with Gasteiger partial charge in [-0.05, 0) is 79.6 Å². The normalized spacial score (nSPS) is 12.0. The van der Waals surface area contributed by atoms with Gasteiger partial charge in [-0.1, -0.05) is 77.9 Å². The molecule has 5 aromatic rings. The average Bonchev–Trinajstić information content (AvgIpc) is 3.42. The van der Waals surface area contributed by atoms with Crippen molar-refractivity contribution >= 4 is 91.1 Å². The third-order valence-electron chi connectivity index (χ3n) is 6.62. The summed E-state index contributed by atoms with van der Waals surface area (Å²) in [5.74, 6) is -1.20. The number of fused-ring (bicyclic) bond motifs is 1. The second-order valence-electron chi connectivity index (χ2n) is 9.99. The molecule has 1 atom stereocenters. The summed E-state index contributed by atoms with van der Waals surface area (Å²) in [6.07, 6.45) is 2.02. The first-order valence-electron chi connectivity index (χ1n) is 14.0. The highest BCUT2D eigenvalue weighted by molar-refractivity contribution is 8.00. The molecule has 1 heterocycles. The first kappa shape index (κ1) is 32.2. The Balaban J connectivity index is 1.32. The Labute approximate surface area is 279 Å². The van der Waals surface area contributed by atoms with E-state index in [4.69, 9.17) is 23.2 Å². The number of aryl methyl sites for hydroxylation is 1. The number of nitrogens with one attached hydrogen (secondary N) is 3. The molecule has 0 fully saturated rings. The molecule has 4 aromatic carbocycles. The van der Waals surface area contributed by atoms with Gasteiger partial charge < -0.3 is 16.0 Å². The lowest BCUT2D eigenvalue weighted by molar-refractivity contribution is -0.116. The zero-order valence-corrected chi connectivity index (χ0v) is 27.4. The quantitative estimate of drug-likeness (QED) is 0.102. The van der Waals surface area contributed by atoms with E-state index in [-0.39, 0.29) is 11.6 Å². The molecule has 5 rings (SSSR count). The van der Waals surface area contributed by atoms with Crippen molar-refractivity contribution in [2.24, 2.45) is 0 Å². The predicted octanol–water partition coefficient (Wildman–Crippen LogP) is 8.83.